The van der Waals surface area contributed by atoms with Gasteiger partial charge in [-0.1, -0.05) is 6.07 Å². The summed E-state index contributed by atoms with van der Waals surface area (Å²) in [6.45, 7) is 0.751. The molecule has 0 radical (unpaired) electrons. The van der Waals surface area contributed by atoms with Gasteiger partial charge in [-0.2, -0.15) is 0 Å². The molecule has 1 atom stereocenters. The number of fused-ring (bicyclic) bond motifs is 1. The van der Waals surface area contributed by atoms with Gasteiger partial charge in [-0.15, -0.1) is 0 Å². The largest absolute Gasteiger partial charge is 0.396 e. The Morgan fingerprint density at radius 3 is 3.06 bits per heavy atom. The maximum absolute atomic E-state index is 11.9. The first kappa shape index (κ1) is 12.3. The normalized spacial score (nSPS) is 19.1. The summed E-state index contributed by atoms with van der Waals surface area (Å²) in [5, 5.41) is 12.2. The van der Waals surface area contributed by atoms with E-state index in [1.165, 1.54) is 5.56 Å². The summed E-state index contributed by atoms with van der Waals surface area (Å²) < 4.78 is 1.83. The summed E-state index contributed by atoms with van der Waals surface area (Å²) >= 11 is 0. The molecule has 1 aromatic rings. The highest BCUT2D eigenvalue weighted by Gasteiger charge is 2.21. The Kier molecular flexibility index (Phi) is 3.97. The maximum atomic E-state index is 11.9. The van der Waals surface area contributed by atoms with E-state index in [9.17, 15) is 4.79 Å². The van der Waals surface area contributed by atoms with E-state index in [-0.39, 0.29) is 12.2 Å². The predicted molar refractivity (Wildman–Crippen MR) is 67.1 cm³/mol. The zero-order valence-corrected chi connectivity index (χ0v) is 10.3. The number of aliphatic hydroxyl groups is 1. The first-order valence-electron chi connectivity index (χ1n) is 6.28. The summed E-state index contributed by atoms with van der Waals surface area (Å²) in [7, 11) is 1.96. The number of hydrogen-bond donors (Lipinski definition) is 2. The number of nitrogens with zero attached hydrogens (tertiary/aromatic N) is 1. The molecule has 2 rings (SSSR count). The molecular weight excluding hydrogens is 216 g/mol. The molecule has 1 unspecified atom stereocenters. The Balaban J connectivity index is 2.41. The lowest BCUT2D eigenvalue weighted by molar-refractivity contribution is 0.277. The molecule has 2 N–H and O–H groups in total. The molecule has 0 saturated carbocycles. The van der Waals surface area contributed by atoms with Crippen LogP contribution in [0.5, 0.6) is 0 Å². The van der Waals surface area contributed by atoms with E-state index in [1.54, 1.807) is 6.07 Å². The van der Waals surface area contributed by atoms with Crippen LogP contribution in [0.15, 0.2) is 16.9 Å². The fourth-order valence-electron chi connectivity index (χ4n) is 2.64. The minimum absolute atomic E-state index is 0.0500. The van der Waals surface area contributed by atoms with E-state index in [2.05, 4.69) is 5.32 Å². The van der Waals surface area contributed by atoms with E-state index < -0.39 is 0 Å². The average molecular weight is 236 g/mol. The van der Waals surface area contributed by atoms with Crippen molar-refractivity contribution in [2.45, 2.75) is 38.3 Å². The second kappa shape index (κ2) is 5.47. The lowest BCUT2D eigenvalue weighted by Crippen LogP contribution is -2.30. The molecule has 17 heavy (non-hydrogen) atoms. The number of pyridine rings is 1. The van der Waals surface area contributed by atoms with Crippen molar-refractivity contribution >= 4 is 0 Å². The van der Waals surface area contributed by atoms with E-state index >= 15 is 0 Å². The zero-order chi connectivity index (χ0) is 12.3. The van der Waals surface area contributed by atoms with E-state index in [1.807, 2.05) is 17.7 Å². The minimum atomic E-state index is 0.0500. The van der Waals surface area contributed by atoms with Crippen molar-refractivity contribution < 1.29 is 5.11 Å². The first-order valence-corrected chi connectivity index (χ1v) is 6.28. The fraction of sp³-hybridized carbons (Fsp3) is 0.615. The van der Waals surface area contributed by atoms with Crippen LogP contribution in [0.25, 0.3) is 0 Å². The van der Waals surface area contributed by atoms with Crippen LogP contribution in [0.3, 0.4) is 0 Å². The van der Waals surface area contributed by atoms with E-state index in [0.29, 0.717) is 19.0 Å². The lowest BCUT2D eigenvalue weighted by atomic mass is 9.91. The first-order chi connectivity index (χ1) is 8.27. The fourth-order valence-corrected chi connectivity index (χ4v) is 2.64. The van der Waals surface area contributed by atoms with Crippen molar-refractivity contribution in [2.24, 2.45) is 0 Å². The number of rotatable bonds is 4. The predicted octanol–water partition coefficient (Wildman–Crippen LogP) is 0.827. The Morgan fingerprint density at radius 2 is 2.35 bits per heavy atom. The quantitative estimate of drug-likeness (QED) is 0.814. The van der Waals surface area contributed by atoms with Gasteiger partial charge in [0.1, 0.15) is 0 Å². The lowest BCUT2D eigenvalue weighted by Gasteiger charge is -2.27. The van der Waals surface area contributed by atoms with E-state index in [4.69, 9.17) is 5.11 Å². The molecule has 0 bridgehead atoms. The molecule has 4 heteroatoms. The van der Waals surface area contributed by atoms with Crippen LogP contribution in [-0.2, 0) is 13.0 Å². The van der Waals surface area contributed by atoms with Gasteiger partial charge in [-0.25, -0.2) is 0 Å². The van der Waals surface area contributed by atoms with Gasteiger partial charge < -0.3 is 15.0 Å². The molecule has 1 aliphatic rings. The third-order valence-corrected chi connectivity index (χ3v) is 3.50. The van der Waals surface area contributed by atoms with Gasteiger partial charge in [-0.3, -0.25) is 4.79 Å². The molecule has 1 aromatic heterocycles. The molecule has 0 saturated heterocycles. The van der Waals surface area contributed by atoms with Gasteiger partial charge >= 0.3 is 0 Å². The van der Waals surface area contributed by atoms with Crippen molar-refractivity contribution in [1.82, 2.24) is 9.88 Å². The number of aliphatic hydroxyl groups excluding tert-OH is 1. The Labute approximate surface area is 101 Å². The van der Waals surface area contributed by atoms with Gasteiger partial charge in [-0.05, 0) is 38.3 Å². The molecule has 0 spiro atoms. The smallest absolute Gasteiger partial charge is 0.250 e. The van der Waals surface area contributed by atoms with Crippen molar-refractivity contribution in [3.63, 3.8) is 0 Å². The molecule has 0 aromatic carbocycles. The zero-order valence-electron chi connectivity index (χ0n) is 10.3. The standard InChI is InChI=1S/C13H20N2O2/c1-14-11-4-2-5-12-10(11)6-7-13(17)15(12)8-3-9-16/h6-7,11,14,16H,2-5,8-9H2,1H3. The third-order valence-electron chi connectivity index (χ3n) is 3.50. The van der Waals surface area contributed by atoms with Gasteiger partial charge in [0.05, 0.1) is 0 Å². The van der Waals surface area contributed by atoms with Crippen LogP contribution >= 0.6 is 0 Å². The molecule has 0 fully saturated rings. The maximum Gasteiger partial charge on any atom is 0.250 e. The van der Waals surface area contributed by atoms with Gasteiger partial charge in [0, 0.05) is 31.0 Å². The van der Waals surface area contributed by atoms with Crippen LogP contribution in [-0.4, -0.2) is 23.3 Å². The molecule has 94 valence electrons. The topological polar surface area (TPSA) is 54.3 Å². The average Bonchev–Trinajstić information content (AvgIpc) is 2.36. The van der Waals surface area contributed by atoms with Crippen LogP contribution in [0.4, 0.5) is 0 Å². The molecule has 1 aliphatic carbocycles. The summed E-state index contributed by atoms with van der Waals surface area (Å²) in [4.78, 5) is 11.9. The molecule has 1 heterocycles. The summed E-state index contributed by atoms with van der Waals surface area (Å²) in [6.07, 6.45) is 3.85. The number of nitrogens with one attached hydrogen (secondary N) is 1. The van der Waals surface area contributed by atoms with Crippen LogP contribution in [0.1, 0.15) is 36.6 Å². The van der Waals surface area contributed by atoms with Gasteiger partial charge in [0.2, 0.25) is 0 Å². The van der Waals surface area contributed by atoms with E-state index in [0.717, 1.165) is 25.0 Å². The van der Waals surface area contributed by atoms with Crippen LogP contribution in [0, 0.1) is 0 Å². The summed E-state index contributed by atoms with van der Waals surface area (Å²) in [6, 6.07) is 3.96. The summed E-state index contributed by atoms with van der Waals surface area (Å²) in [5.41, 5.74) is 2.45. The Bertz CT molecular complexity index is 440. The van der Waals surface area contributed by atoms with Crippen molar-refractivity contribution in [3.05, 3.63) is 33.7 Å². The highest BCUT2D eigenvalue weighted by Crippen LogP contribution is 2.28. The highest BCUT2D eigenvalue weighted by molar-refractivity contribution is 5.27. The third kappa shape index (κ3) is 2.42. The van der Waals surface area contributed by atoms with Gasteiger partial charge in [0.25, 0.3) is 5.56 Å². The molecule has 0 amide bonds. The second-order valence-electron chi connectivity index (χ2n) is 4.54. The SMILES string of the molecule is CNC1CCCc2c1ccc(=O)n2CCCO. The summed E-state index contributed by atoms with van der Waals surface area (Å²) in [5.74, 6) is 0. The van der Waals surface area contributed by atoms with Crippen LogP contribution < -0.4 is 10.9 Å². The minimum Gasteiger partial charge on any atom is -0.396 e. The van der Waals surface area contributed by atoms with Crippen LogP contribution in [0.2, 0.25) is 0 Å². The van der Waals surface area contributed by atoms with Gasteiger partial charge in [0.15, 0.2) is 0 Å². The van der Waals surface area contributed by atoms with Crippen molar-refractivity contribution in [2.75, 3.05) is 13.7 Å². The molecule has 4 nitrogen and oxygen atoms in total. The number of hydrogen-bond acceptors (Lipinski definition) is 3. The van der Waals surface area contributed by atoms with Crippen molar-refractivity contribution in [1.29, 1.82) is 0 Å². The Hall–Kier alpha value is -1.13. The molecular formula is C13H20N2O2. The Morgan fingerprint density at radius 1 is 1.53 bits per heavy atom. The molecule has 0 aliphatic heterocycles. The second-order valence-corrected chi connectivity index (χ2v) is 4.54. The van der Waals surface area contributed by atoms with Crippen molar-refractivity contribution in [3.8, 4) is 0 Å². The highest BCUT2D eigenvalue weighted by atomic mass is 16.3. The number of aromatic nitrogens is 1. The monoisotopic (exact) mass is 236 g/mol.